The maximum atomic E-state index is 11.9. The van der Waals surface area contributed by atoms with Crippen molar-refractivity contribution in [3.63, 3.8) is 0 Å². The molecule has 0 spiro atoms. The summed E-state index contributed by atoms with van der Waals surface area (Å²) in [5.41, 5.74) is 6.93. The van der Waals surface area contributed by atoms with Gasteiger partial charge in [-0.2, -0.15) is 0 Å². The predicted octanol–water partition coefficient (Wildman–Crippen LogP) is 2.51. The van der Waals surface area contributed by atoms with E-state index in [9.17, 15) is 4.79 Å². The fraction of sp³-hybridized carbons (Fsp3) is 0.364. The summed E-state index contributed by atoms with van der Waals surface area (Å²) in [6, 6.07) is 5.26. The molecule has 0 bridgehead atoms. The first-order valence-corrected chi connectivity index (χ1v) is 5.66. The number of carbonyl (C=O) groups excluding carboxylic acids is 1. The second kappa shape index (κ2) is 5.16. The highest BCUT2D eigenvalue weighted by atomic mass is 79.9. The van der Waals surface area contributed by atoms with Crippen molar-refractivity contribution in [3.05, 3.63) is 28.2 Å². The zero-order chi connectivity index (χ0) is 11.4. The molecule has 0 aliphatic rings. The Morgan fingerprint density at radius 1 is 1.53 bits per heavy atom. The van der Waals surface area contributed by atoms with Crippen LogP contribution in [-0.2, 0) is 0 Å². The Kier molecular flexibility index (Phi) is 4.15. The molecule has 4 heteroatoms. The van der Waals surface area contributed by atoms with Gasteiger partial charge in [0, 0.05) is 29.3 Å². The number of anilines is 1. The van der Waals surface area contributed by atoms with Crippen LogP contribution in [0.3, 0.4) is 0 Å². The highest BCUT2D eigenvalue weighted by Crippen LogP contribution is 2.20. The molecule has 0 heterocycles. The molecule has 0 aromatic heterocycles. The molecule has 0 saturated carbocycles. The minimum Gasteiger partial charge on any atom is -0.398 e. The average molecular weight is 271 g/mol. The predicted molar refractivity (Wildman–Crippen MR) is 65.8 cm³/mol. The van der Waals surface area contributed by atoms with Crippen LogP contribution in [0.4, 0.5) is 5.69 Å². The second-order valence-electron chi connectivity index (χ2n) is 3.46. The normalized spacial score (nSPS) is 10.1. The summed E-state index contributed by atoms with van der Waals surface area (Å²) in [6.45, 7) is 2.80. The smallest absolute Gasteiger partial charge is 0.253 e. The van der Waals surface area contributed by atoms with Crippen molar-refractivity contribution in [1.82, 2.24) is 4.90 Å². The Labute approximate surface area is 98.4 Å². The van der Waals surface area contributed by atoms with Crippen molar-refractivity contribution < 1.29 is 4.79 Å². The molecule has 0 aliphatic carbocycles. The lowest BCUT2D eigenvalue weighted by molar-refractivity contribution is 0.0795. The van der Waals surface area contributed by atoms with Gasteiger partial charge in [0.2, 0.25) is 0 Å². The van der Waals surface area contributed by atoms with Gasteiger partial charge in [0.1, 0.15) is 0 Å². The minimum atomic E-state index is 0.0102. The number of hydrogen-bond acceptors (Lipinski definition) is 2. The molecule has 3 nitrogen and oxygen atoms in total. The molecule has 2 N–H and O–H groups in total. The van der Waals surface area contributed by atoms with Gasteiger partial charge in [0.25, 0.3) is 5.91 Å². The van der Waals surface area contributed by atoms with Crippen molar-refractivity contribution in [2.75, 3.05) is 19.3 Å². The molecule has 82 valence electrons. The number of halogens is 1. The standard InChI is InChI=1S/C11H15BrN2O/c1-3-6-14(2)11(15)8-4-5-9(12)10(13)7-8/h4-5,7H,3,6,13H2,1-2H3. The summed E-state index contributed by atoms with van der Waals surface area (Å²) in [4.78, 5) is 13.6. The molecule has 0 radical (unpaired) electrons. The van der Waals surface area contributed by atoms with Gasteiger partial charge in [-0.25, -0.2) is 0 Å². The number of nitrogen functional groups attached to an aromatic ring is 1. The van der Waals surface area contributed by atoms with E-state index >= 15 is 0 Å². The van der Waals surface area contributed by atoms with Crippen LogP contribution >= 0.6 is 15.9 Å². The number of rotatable bonds is 3. The van der Waals surface area contributed by atoms with E-state index in [1.807, 2.05) is 6.92 Å². The van der Waals surface area contributed by atoms with E-state index in [0.717, 1.165) is 17.4 Å². The molecule has 0 atom stereocenters. The Bertz CT molecular complexity index is 366. The molecule has 0 fully saturated rings. The fourth-order valence-corrected chi connectivity index (χ4v) is 1.58. The van der Waals surface area contributed by atoms with Crippen LogP contribution in [-0.4, -0.2) is 24.4 Å². The summed E-state index contributed by atoms with van der Waals surface area (Å²) in [5, 5.41) is 0. The van der Waals surface area contributed by atoms with Crippen LogP contribution in [0.5, 0.6) is 0 Å². The van der Waals surface area contributed by atoms with Gasteiger partial charge in [-0.15, -0.1) is 0 Å². The SMILES string of the molecule is CCCN(C)C(=O)c1ccc(Br)c(N)c1. The first kappa shape index (κ1) is 12.0. The van der Waals surface area contributed by atoms with Gasteiger partial charge < -0.3 is 10.6 Å². The monoisotopic (exact) mass is 270 g/mol. The first-order chi connectivity index (χ1) is 7.06. The third-order valence-corrected chi connectivity index (χ3v) is 2.87. The molecular formula is C11H15BrN2O. The second-order valence-corrected chi connectivity index (χ2v) is 4.32. The number of benzene rings is 1. The number of carbonyl (C=O) groups is 1. The Balaban J connectivity index is 2.87. The number of nitrogens with zero attached hydrogens (tertiary/aromatic N) is 1. The van der Waals surface area contributed by atoms with Crippen molar-refractivity contribution in [1.29, 1.82) is 0 Å². The summed E-state index contributed by atoms with van der Waals surface area (Å²) in [5.74, 6) is 0.0102. The topological polar surface area (TPSA) is 46.3 Å². The molecule has 0 saturated heterocycles. The van der Waals surface area contributed by atoms with E-state index in [-0.39, 0.29) is 5.91 Å². The minimum absolute atomic E-state index is 0.0102. The average Bonchev–Trinajstić information content (AvgIpc) is 2.21. The maximum Gasteiger partial charge on any atom is 0.253 e. The van der Waals surface area contributed by atoms with Crippen molar-refractivity contribution >= 4 is 27.5 Å². The summed E-state index contributed by atoms with van der Waals surface area (Å²) >= 11 is 3.30. The quantitative estimate of drug-likeness (QED) is 0.858. The number of hydrogen-bond donors (Lipinski definition) is 1. The lowest BCUT2D eigenvalue weighted by Gasteiger charge is -2.16. The van der Waals surface area contributed by atoms with Gasteiger partial charge in [0.15, 0.2) is 0 Å². The highest BCUT2D eigenvalue weighted by Gasteiger charge is 2.11. The summed E-state index contributed by atoms with van der Waals surface area (Å²) in [7, 11) is 1.80. The first-order valence-electron chi connectivity index (χ1n) is 4.86. The van der Waals surface area contributed by atoms with Gasteiger partial charge in [0.05, 0.1) is 0 Å². The van der Waals surface area contributed by atoms with Crippen molar-refractivity contribution in [2.24, 2.45) is 0 Å². The van der Waals surface area contributed by atoms with Gasteiger partial charge in [-0.3, -0.25) is 4.79 Å². The van der Waals surface area contributed by atoms with Gasteiger partial charge in [-0.05, 0) is 40.5 Å². The van der Waals surface area contributed by atoms with Crippen LogP contribution in [0.25, 0.3) is 0 Å². The van der Waals surface area contributed by atoms with Crippen LogP contribution < -0.4 is 5.73 Å². The van der Waals surface area contributed by atoms with E-state index in [0.29, 0.717) is 11.3 Å². The zero-order valence-electron chi connectivity index (χ0n) is 8.96. The molecule has 0 unspecified atom stereocenters. The number of amides is 1. The van der Waals surface area contributed by atoms with Crippen LogP contribution in [0, 0.1) is 0 Å². The Hall–Kier alpha value is -1.03. The molecule has 1 amide bonds. The molecule has 1 aromatic rings. The van der Waals surface area contributed by atoms with Gasteiger partial charge >= 0.3 is 0 Å². The zero-order valence-corrected chi connectivity index (χ0v) is 10.5. The third-order valence-electron chi connectivity index (χ3n) is 2.15. The van der Waals surface area contributed by atoms with E-state index in [2.05, 4.69) is 15.9 Å². The lowest BCUT2D eigenvalue weighted by Crippen LogP contribution is -2.27. The van der Waals surface area contributed by atoms with Crippen molar-refractivity contribution in [3.8, 4) is 0 Å². The van der Waals surface area contributed by atoms with E-state index in [1.54, 1.807) is 30.1 Å². The summed E-state index contributed by atoms with van der Waals surface area (Å²) in [6.07, 6.45) is 0.953. The molecule has 0 aliphatic heterocycles. The maximum absolute atomic E-state index is 11.9. The molecule has 15 heavy (non-hydrogen) atoms. The van der Waals surface area contributed by atoms with Gasteiger partial charge in [-0.1, -0.05) is 6.92 Å². The largest absolute Gasteiger partial charge is 0.398 e. The lowest BCUT2D eigenvalue weighted by atomic mass is 10.2. The highest BCUT2D eigenvalue weighted by molar-refractivity contribution is 9.10. The molecule has 1 aromatic carbocycles. The van der Waals surface area contributed by atoms with E-state index < -0.39 is 0 Å². The number of nitrogens with two attached hydrogens (primary N) is 1. The van der Waals surface area contributed by atoms with E-state index in [1.165, 1.54) is 0 Å². The fourth-order valence-electron chi connectivity index (χ4n) is 1.33. The van der Waals surface area contributed by atoms with E-state index in [4.69, 9.17) is 5.73 Å². The third kappa shape index (κ3) is 2.96. The molecular weight excluding hydrogens is 256 g/mol. The Morgan fingerprint density at radius 3 is 2.73 bits per heavy atom. The van der Waals surface area contributed by atoms with Crippen molar-refractivity contribution in [2.45, 2.75) is 13.3 Å². The van der Waals surface area contributed by atoms with Crippen LogP contribution in [0.1, 0.15) is 23.7 Å². The van der Waals surface area contributed by atoms with Crippen LogP contribution in [0.15, 0.2) is 22.7 Å². The summed E-state index contributed by atoms with van der Waals surface area (Å²) < 4.78 is 0.817. The molecule has 1 rings (SSSR count). The Morgan fingerprint density at radius 2 is 2.20 bits per heavy atom. The van der Waals surface area contributed by atoms with Crippen LogP contribution in [0.2, 0.25) is 0 Å².